The largest absolute Gasteiger partial charge is 0.375 e. The molecule has 0 fully saturated rings. The highest BCUT2D eigenvalue weighted by Gasteiger charge is 2.16. The van der Waals surface area contributed by atoms with Gasteiger partial charge in [-0.25, -0.2) is 0 Å². The fourth-order valence-corrected chi connectivity index (χ4v) is 0.965. The molecule has 0 saturated heterocycles. The van der Waals surface area contributed by atoms with E-state index in [9.17, 15) is 5.11 Å². The highest BCUT2D eigenvalue weighted by Crippen LogP contribution is 1.95. The van der Waals surface area contributed by atoms with Crippen LogP contribution in [-0.4, -0.2) is 30.5 Å². The zero-order chi connectivity index (χ0) is 9.45. The predicted octanol–water partition coefficient (Wildman–Crippen LogP) is 0.694. The second-order valence-electron chi connectivity index (χ2n) is 3.38. The smallest absolute Gasteiger partial charge is 0.125 e. The number of hydrogen-bond donors (Lipinski definition) is 3. The molecule has 0 spiro atoms. The van der Waals surface area contributed by atoms with Crippen molar-refractivity contribution in [1.29, 1.82) is 0 Å². The Bertz CT molecular complexity index is 105. The Hall–Kier alpha value is -0.120. The van der Waals surface area contributed by atoms with E-state index in [0.717, 1.165) is 25.9 Å². The van der Waals surface area contributed by atoms with Crippen LogP contribution >= 0.6 is 0 Å². The Morgan fingerprint density at radius 2 is 1.75 bits per heavy atom. The molecule has 0 radical (unpaired) electrons. The summed E-state index contributed by atoms with van der Waals surface area (Å²) in [5.74, 6) is 0. The van der Waals surface area contributed by atoms with Crippen LogP contribution in [0.4, 0.5) is 0 Å². The molecule has 0 aromatic rings. The molecule has 0 bridgehead atoms. The molecule has 0 amide bonds. The monoisotopic (exact) mass is 174 g/mol. The molecule has 3 nitrogen and oxygen atoms in total. The standard InChI is InChI=1S/C9H22N2O/c1-4-6-10-8-9(3,12)11-7-5-2/h10-12H,4-8H2,1-3H3. The van der Waals surface area contributed by atoms with Gasteiger partial charge in [-0.2, -0.15) is 0 Å². The minimum absolute atomic E-state index is 0.612. The highest BCUT2D eigenvalue weighted by molar-refractivity contribution is 4.71. The average molecular weight is 174 g/mol. The number of nitrogens with one attached hydrogen (secondary N) is 2. The topological polar surface area (TPSA) is 44.3 Å². The van der Waals surface area contributed by atoms with E-state index in [1.165, 1.54) is 0 Å². The normalized spacial score (nSPS) is 16.0. The summed E-state index contributed by atoms with van der Waals surface area (Å²) in [4.78, 5) is 0. The molecular weight excluding hydrogens is 152 g/mol. The first-order valence-corrected chi connectivity index (χ1v) is 4.80. The van der Waals surface area contributed by atoms with Crippen molar-refractivity contribution in [2.24, 2.45) is 0 Å². The van der Waals surface area contributed by atoms with Gasteiger partial charge in [-0.05, 0) is 32.9 Å². The molecule has 0 rings (SSSR count). The van der Waals surface area contributed by atoms with E-state index in [2.05, 4.69) is 24.5 Å². The van der Waals surface area contributed by atoms with Crippen LogP contribution in [0.25, 0.3) is 0 Å². The van der Waals surface area contributed by atoms with Crippen LogP contribution in [-0.2, 0) is 0 Å². The van der Waals surface area contributed by atoms with E-state index in [1.54, 1.807) is 6.92 Å². The third-order valence-electron chi connectivity index (χ3n) is 1.65. The summed E-state index contributed by atoms with van der Waals surface area (Å²) in [6.07, 6.45) is 2.15. The third kappa shape index (κ3) is 6.58. The zero-order valence-corrected chi connectivity index (χ0v) is 8.48. The summed E-state index contributed by atoms with van der Waals surface area (Å²) in [5, 5.41) is 15.9. The maximum absolute atomic E-state index is 9.70. The van der Waals surface area contributed by atoms with E-state index in [1.807, 2.05) is 0 Å². The Balaban J connectivity index is 3.42. The first-order chi connectivity index (χ1) is 5.62. The first kappa shape index (κ1) is 11.9. The van der Waals surface area contributed by atoms with Crippen molar-refractivity contribution in [3.63, 3.8) is 0 Å². The lowest BCUT2D eigenvalue weighted by Gasteiger charge is -2.24. The van der Waals surface area contributed by atoms with Crippen LogP contribution in [0.1, 0.15) is 33.6 Å². The van der Waals surface area contributed by atoms with Gasteiger partial charge >= 0.3 is 0 Å². The van der Waals surface area contributed by atoms with Crippen molar-refractivity contribution in [3.8, 4) is 0 Å². The van der Waals surface area contributed by atoms with Gasteiger partial charge in [0.1, 0.15) is 5.72 Å². The molecule has 1 unspecified atom stereocenters. The zero-order valence-electron chi connectivity index (χ0n) is 8.48. The molecular formula is C9H22N2O. The molecule has 0 aliphatic heterocycles. The van der Waals surface area contributed by atoms with E-state index < -0.39 is 5.72 Å². The summed E-state index contributed by atoms with van der Waals surface area (Å²) in [7, 11) is 0. The van der Waals surface area contributed by atoms with Gasteiger partial charge in [0.05, 0.1) is 0 Å². The van der Waals surface area contributed by atoms with E-state index in [0.29, 0.717) is 6.54 Å². The number of aliphatic hydroxyl groups is 1. The van der Waals surface area contributed by atoms with Crippen molar-refractivity contribution in [2.75, 3.05) is 19.6 Å². The summed E-state index contributed by atoms with van der Waals surface area (Å²) in [6.45, 7) is 8.43. The van der Waals surface area contributed by atoms with Gasteiger partial charge in [-0.3, -0.25) is 5.32 Å². The number of hydrogen-bond acceptors (Lipinski definition) is 3. The molecule has 3 N–H and O–H groups in total. The lowest BCUT2D eigenvalue weighted by molar-refractivity contribution is 0.0252. The van der Waals surface area contributed by atoms with E-state index in [4.69, 9.17) is 0 Å². The lowest BCUT2D eigenvalue weighted by atomic mass is 10.2. The Kier molecular flexibility index (Phi) is 6.34. The maximum atomic E-state index is 9.70. The average Bonchev–Trinajstić information content (AvgIpc) is 2.01. The second-order valence-corrected chi connectivity index (χ2v) is 3.38. The Morgan fingerprint density at radius 1 is 1.17 bits per heavy atom. The van der Waals surface area contributed by atoms with Crippen LogP contribution < -0.4 is 10.6 Å². The van der Waals surface area contributed by atoms with E-state index >= 15 is 0 Å². The van der Waals surface area contributed by atoms with Crippen molar-refractivity contribution >= 4 is 0 Å². The summed E-state index contributed by atoms with van der Waals surface area (Å²) < 4.78 is 0. The maximum Gasteiger partial charge on any atom is 0.125 e. The van der Waals surface area contributed by atoms with Gasteiger partial charge in [0.2, 0.25) is 0 Å². The van der Waals surface area contributed by atoms with Gasteiger partial charge in [-0.1, -0.05) is 13.8 Å². The third-order valence-corrected chi connectivity index (χ3v) is 1.65. The molecule has 0 saturated carbocycles. The molecule has 1 atom stereocenters. The van der Waals surface area contributed by atoms with E-state index in [-0.39, 0.29) is 0 Å². The summed E-state index contributed by atoms with van der Waals surface area (Å²) in [5.41, 5.74) is -0.759. The van der Waals surface area contributed by atoms with Gasteiger partial charge < -0.3 is 10.4 Å². The van der Waals surface area contributed by atoms with Crippen LogP contribution in [0.2, 0.25) is 0 Å². The molecule has 12 heavy (non-hydrogen) atoms. The predicted molar refractivity (Wildman–Crippen MR) is 52.1 cm³/mol. The molecule has 0 aliphatic rings. The van der Waals surface area contributed by atoms with Gasteiger partial charge in [0.25, 0.3) is 0 Å². The molecule has 0 aromatic carbocycles. The first-order valence-electron chi connectivity index (χ1n) is 4.80. The fraction of sp³-hybridized carbons (Fsp3) is 1.00. The Morgan fingerprint density at radius 3 is 2.25 bits per heavy atom. The molecule has 3 heteroatoms. The van der Waals surface area contributed by atoms with Crippen molar-refractivity contribution < 1.29 is 5.11 Å². The van der Waals surface area contributed by atoms with Crippen molar-refractivity contribution in [2.45, 2.75) is 39.3 Å². The van der Waals surface area contributed by atoms with Gasteiger partial charge in [-0.15, -0.1) is 0 Å². The van der Waals surface area contributed by atoms with Gasteiger partial charge in [0.15, 0.2) is 0 Å². The van der Waals surface area contributed by atoms with Crippen LogP contribution in [0.3, 0.4) is 0 Å². The minimum atomic E-state index is -0.759. The SMILES string of the molecule is CCCNCC(C)(O)NCCC. The second kappa shape index (κ2) is 6.40. The highest BCUT2D eigenvalue weighted by atomic mass is 16.3. The van der Waals surface area contributed by atoms with Gasteiger partial charge in [0, 0.05) is 6.54 Å². The van der Waals surface area contributed by atoms with Crippen molar-refractivity contribution in [3.05, 3.63) is 0 Å². The minimum Gasteiger partial charge on any atom is -0.375 e. The molecule has 0 aliphatic carbocycles. The number of rotatable bonds is 7. The summed E-state index contributed by atoms with van der Waals surface area (Å²) >= 11 is 0. The molecule has 74 valence electrons. The molecule has 0 aromatic heterocycles. The Labute approximate surface area is 75.6 Å². The van der Waals surface area contributed by atoms with Crippen molar-refractivity contribution in [1.82, 2.24) is 10.6 Å². The molecule has 0 heterocycles. The van der Waals surface area contributed by atoms with Crippen LogP contribution in [0.15, 0.2) is 0 Å². The van der Waals surface area contributed by atoms with Crippen LogP contribution in [0.5, 0.6) is 0 Å². The van der Waals surface area contributed by atoms with Crippen LogP contribution in [0, 0.1) is 0 Å². The summed E-state index contributed by atoms with van der Waals surface area (Å²) in [6, 6.07) is 0. The lowest BCUT2D eigenvalue weighted by Crippen LogP contribution is -2.50. The quantitative estimate of drug-likeness (QED) is 0.393. The fourth-order valence-electron chi connectivity index (χ4n) is 0.965.